The van der Waals surface area contributed by atoms with Crippen molar-refractivity contribution in [3.8, 4) is 11.6 Å². The van der Waals surface area contributed by atoms with Crippen LogP contribution in [0.4, 0.5) is 13.2 Å². The van der Waals surface area contributed by atoms with Crippen molar-refractivity contribution in [1.82, 2.24) is 15.1 Å². The average Bonchev–Trinajstić information content (AvgIpc) is 3.14. The third kappa shape index (κ3) is 4.92. The lowest BCUT2D eigenvalue weighted by Crippen LogP contribution is -2.27. The monoisotopic (exact) mass is 395 g/mol. The molecule has 1 N–H and O–H groups in total. The van der Waals surface area contributed by atoms with Crippen LogP contribution >= 0.6 is 0 Å². The zero-order chi connectivity index (χ0) is 20.1. The first-order chi connectivity index (χ1) is 13.4. The van der Waals surface area contributed by atoms with Gasteiger partial charge in [0.2, 0.25) is 5.88 Å². The highest BCUT2D eigenvalue weighted by Gasteiger charge is 2.37. The van der Waals surface area contributed by atoms with E-state index in [0.717, 1.165) is 17.8 Å². The fourth-order valence-electron chi connectivity index (χ4n) is 2.84. The first-order valence-corrected chi connectivity index (χ1v) is 8.67. The largest absolute Gasteiger partial charge is 0.487 e. The fraction of sp³-hybridized carbons (Fsp3) is 0.368. The number of ether oxygens (including phenoxy) is 2. The molecule has 2 heterocycles. The number of aliphatic hydroxyl groups excluding tert-OH is 1. The Morgan fingerprint density at radius 3 is 2.68 bits per heavy atom. The van der Waals surface area contributed by atoms with Crippen LogP contribution in [0.15, 0.2) is 48.8 Å². The van der Waals surface area contributed by atoms with Crippen LogP contribution in [-0.4, -0.2) is 46.0 Å². The number of alkyl halides is 3. The molecule has 9 heteroatoms. The van der Waals surface area contributed by atoms with Crippen LogP contribution in [0, 0.1) is 0 Å². The lowest BCUT2D eigenvalue weighted by molar-refractivity contribution is -0.139. The van der Waals surface area contributed by atoms with E-state index in [0.29, 0.717) is 31.0 Å². The topological polar surface area (TPSA) is 67.7 Å². The second-order valence-electron chi connectivity index (χ2n) is 6.38. The van der Waals surface area contributed by atoms with Gasteiger partial charge in [-0.05, 0) is 23.8 Å². The number of halogens is 3. The van der Waals surface area contributed by atoms with Crippen molar-refractivity contribution in [1.29, 1.82) is 0 Å². The van der Waals surface area contributed by atoms with Crippen molar-refractivity contribution < 1.29 is 27.8 Å². The number of likely N-dealkylation sites (tertiary alicyclic amines) is 1. The SMILES string of the molecule is C=C(COc1ccc(CO)cc1)N1CC[C@@H](Oc2nnccc2C(F)(F)F)C1. The van der Waals surface area contributed by atoms with Crippen LogP contribution in [0.25, 0.3) is 0 Å². The molecule has 0 unspecified atom stereocenters. The molecular weight excluding hydrogens is 375 g/mol. The minimum Gasteiger partial charge on any atom is -0.487 e. The van der Waals surface area contributed by atoms with Crippen molar-refractivity contribution in [2.24, 2.45) is 0 Å². The Morgan fingerprint density at radius 1 is 1.25 bits per heavy atom. The summed E-state index contributed by atoms with van der Waals surface area (Å²) in [5, 5.41) is 16.0. The van der Waals surface area contributed by atoms with E-state index < -0.39 is 23.7 Å². The van der Waals surface area contributed by atoms with E-state index in [1.54, 1.807) is 24.3 Å². The third-order valence-electron chi connectivity index (χ3n) is 4.37. The molecule has 150 valence electrons. The highest BCUT2D eigenvalue weighted by molar-refractivity contribution is 5.28. The maximum absolute atomic E-state index is 13.0. The molecule has 1 aliphatic heterocycles. The van der Waals surface area contributed by atoms with Gasteiger partial charge in [0.05, 0.1) is 19.3 Å². The van der Waals surface area contributed by atoms with Crippen LogP contribution in [0.5, 0.6) is 11.6 Å². The second kappa shape index (κ2) is 8.47. The summed E-state index contributed by atoms with van der Waals surface area (Å²) in [6.07, 6.45) is -3.47. The fourth-order valence-corrected chi connectivity index (χ4v) is 2.84. The van der Waals surface area contributed by atoms with Gasteiger partial charge >= 0.3 is 6.18 Å². The van der Waals surface area contributed by atoms with Crippen molar-refractivity contribution in [2.45, 2.75) is 25.3 Å². The molecule has 1 atom stereocenters. The highest BCUT2D eigenvalue weighted by Crippen LogP contribution is 2.35. The number of hydrogen-bond donors (Lipinski definition) is 1. The van der Waals surface area contributed by atoms with Crippen LogP contribution in [0.1, 0.15) is 17.5 Å². The predicted octanol–water partition coefficient (Wildman–Crippen LogP) is 3.03. The minimum atomic E-state index is -4.55. The first-order valence-electron chi connectivity index (χ1n) is 8.67. The molecule has 0 spiro atoms. The van der Waals surface area contributed by atoms with Gasteiger partial charge in [-0.2, -0.15) is 18.3 Å². The first kappa shape index (κ1) is 19.9. The molecule has 0 bridgehead atoms. The van der Waals surface area contributed by atoms with Gasteiger partial charge in [0.25, 0.3) is 0 Å². The molecule has 1 aromatic carbocycles. The van der Waals surface area contributed by atoms with Gasteiger partial charge in [-0.3, -0.25) is 0 Å². The number of aliphatic hydroxyl groups is 1. The summed E-state index contributed by atoms with van der Waals surface area (Å²) in [5.41, 5.74) is 0.551. The molecule has 28 heavy (non-hydrogen) atoms. The van der Waals surface area contributed by atoms with E-state index in [-0.39, 0.29) is 13.2 Å². The maximum atomic E-state index is 13.0. The quantitative estimate of drug-likeness (QED) is 0.777. The summed E-state index contributed by atoms with van der Waals surface area (Å²) in [4.78, 5) is 1.91. The van der Waals surface area contributed by atoms with Gasteiger partial charge in [-0.25, -0.2) is 0 Å². The van der Waals surface area contributed by atoms with Gasteiger partial charge in [0.1, 0.15) is 24.0 Å². The van der Waals surface area contributed by atoms with Crippen molar-refractivity contribution >= 4 is 0 Å². The van der Waals surface area contributed by atoms with E-state index >= 15 is 0 Å². The van der Waals surface area contributed by atoms with E-state index in [4.69, 9.17) is 14.6 Å². The summed E-state index contributed by atoms with van der Waals surface area (Å²) in [6.45, 7) is 5.17. The van der Waals surface area contributed by atoms with E-state index in [2.05, 4.69) is 16.8 Å². The highest BCUT2D eigenvalue weighted by atomic mass is 19.4. The van der Waals surface area contributed by atoms with Crippen molar-refractivity contribution in [2.75, 3.05) is 19.7 Å². The predicted molar refractivity (Wildman–Crippen MR) is 94.6 cm³/mol. The lowest BCUT2D eigenvalue weighted by atomic mass is 10.2. The number of benzene rings is 1. The molecule has 0 radical (unpaired) electrons. The Hall–Kier alpha value is -2.81. The number of hydrogen-bond acceptors (Lipinski definition) is 6. The zero-order valence-electron chi connectivity index (χ0n) is 15.0. The van der Waals surface area contributed by atoms with Gasteiger partial charge in [-0.15, -0.1) is 5.10 Å². The lowest BCUT2D eigenvalue weighted by Gasteiger charge is -2.22. The van der Waals surface area contributed by atoms with E-state index in [1.807, 2.05) is 4.90 Å². The average molecular weight is 395 g/mol. The number of nitrogens with zero attached hydrogens (tertiary/aromatic N) is 3. The molecule has 0 saturated carbocycles. The summed E-state index contributed by atoms with van der Waals surface area (Å²) in [5.74, 6) is 0.132. The van der Waals surface area contributed by atoms with Crippen molar-refractivity contribution in [3.05, 3.63) is 59.9 Å². The molecule has 1 fully saturated rings. The number of rotatable bonds is 7. The summed E-state index contributed by atoms with van der Waals surface area (Å²) in [7, 11) is 0. The normalized spacial score (nSPS) is 16.9. The third-order valence-corrected chi connectivity index (χ3v) is 4.37. The molecule has 6 nitrogen and oxygen atoms in total. The molecule has 0 aliphatic carbocycles. The second-order valence-corrected chi connectivity index (χ2v) is 6.38. The zero-order valence-corrected chi connectivity index (χ0v) is 15.0. The Balaban J connectivity index is 1.53. The Bertz CT molecular complexity index is 812. The number of aromatic nitrogens is 2. The Kier molecular flexibility index (Phi) is 6.03. The maximum Gasteiger partial charge on any atom is 0.421 e. The van der Waals surface area contributed by atoms with Gasteiger partial charge in [0, 0.05) is 18.7 Å². The smallest absolute Gasteiger partial charge is 0.421 e. The Labute approximate surface area is 160 Å². The Morgan fingerprint density at radius 2 is 2.00 bits per heavy atom. The summed E-state index contributed by atoms with van der Waals surface area (Å²) < 4.78 is 50.2. The minimum absolute atomic E-state index is 0.0377. The van der Waals surface area contributed by atoms with Gasteiger partial charge < -0.3 is 19.5 Å². The van der Waals surface area contributed by atoms with Crippen LogP contribution in [0.3, 0.4) is 0 Å². The van der Waals surface area contributed by atoms with Crippen LogP contribution < -0.4 is 9.47 Å². The molecule has 2 aromatic rings. The molecular formula is C19H20F3N3O3. The van der Waals surface area contributed by atoms with Gasteiger partial charge in [-0.1, -0.05) is 18.7 Å². The van der Waals surface area contributed by atoms with Crippen LogP contribution in [-0.2, 0) is 12.8 Å². The standard InChI is InChI=1S/C19H20F3N3O3/c1-13(12-27-15-4-2-14(11-26)3-5-15)25-9-7-16(10-25)28-18-17(19(20,21)22)6-8-23-24-18/h2-6,8,16,26H,1,7,9-12H2/t16-/m1/s1. The van der Waals surface area contributed by atoms with E-state index in [9.17, 15) is 13.2 Å². The molecule has 3 rings (SSSR count). The molecule has 0 amide bonds. The summed E-state index contributed by atoms with van der Waals surface area (Å²) >= 11 is 0. The molecule has 1 saturated heterocycles. The van der Waals surface area contributed by atoms with Crippen LogP contribution in [0.2, 0.25) is 0 Å². The summed E-state index contributed by atoms with van der Waals surface area (Å²) in [6, 6.07) is 7.88. The molecule has 1 aromatic heterocycles. The van der Waals surface area contributed by atoms with Crippen molar-refractivity contribution in [3.63, 3.8) is 0 Å². The molecule has 1 aliphatic rings. The van der Waals surface area contributed by atoms with Gasteiger partial charge in [0.15, 0.2) is 0 Å². The van der Waals surface area contributed by atoms with E-state index in [1.165, 1.54) is 0 Å².